The minimum Gasteiger partial charge on any atom is -0.494 e. The fourth-order valence-electron chi connectivity index (χ4n) is 2.86. The first-order valence-corrected chi connectivity index (χ1v) is 11.6. The van der Waals surface area contributed by atoms with Crippen molar-refractivity contribution in [1.82, 2.24) is 9.88 Å². The van der Waals surface area contributed by atoms with Gasteiger partial charge in [0.2, 0.25) is 0 Å². The third-order valence-electron chi connectivity index (χ3n) is 4.55. The van der Waals surface area contributed by atoms with Crippen LogP contribution in [0.25, 0.3) is 0 Å². The van der Waals surface area contributed by atoms with E-state index in [9.17, 15) is 9.59 Å². The van der Waals surface area contributed by atoms with Gasteiger partial charge in [-0.3, -0.25) is 4.79 Å². The summed E-state index contributed by atoms with van der Waals surface area (Å²) in [5.41, 5.74) is 0.919. The molecule has 0 bridgehead atoms. The molecule has 0 saturated carbocycles. The molecule has 7 heteroatoms. The number of unbranched alkanes of at least 4 members (excludes halogenated alkanes) is 3. The molecule has 0 aliphatic heterocycles. The van der Waals surface area contributed by atoms with Crippen molar-refractivity contribution in [3.8, 4) is 5.75 Å². The number of hydrogen-bond donors (Lipinski definition) is 0. The van der Waals surface area contributed by atoms with Crippen LogP contribution in [-0.2, 0) is 11.3 Å². The largest absolute Gasteiger partial charge is 0.494 e. The highest BCUT2D eigenvalue weighted by molar-refractivity contribution is 7.09. The summed E-state index contributed by atoms with van der Waals surface area (Å²) in [5, 5.41) is 2.41. The molecule has 0 N–H and O–H groups in total. The lowest BCUT2D eigenvalue weighted by molar-refractivity contribution is 0.0520. The van der Waals surface area contributed by atoms with Crippen LogP contribution < -0.4 is 4.74 Å². The molecular weight excluding hydrogens is 400 g/mol. The van der Waals surface area contributed by atoms with Crippen LogP contribution >= 0.6 is 11.3 Å². The van der Waals surface area contributed by atoms with Crippen LogP contribution in [0, 0.1) is 0 Å². The molecule has 1 aromatic carbocycles. The highest BCUT2D eigenvalue weighted by Crippen LogP contribution is 2.18. The number of ether oxygens (including phenoxy) is 2. The molecule has 164 valence electrons. The molecule has 0 aliphatic rings. The Morgan fingerprint density at radius 3 is 2.43 bits per heavy atom. The number of amides is 1. The summed E-state index contributed by atoms with van der Waals surface area (Å²) in [6.07, 6.45) is 5.15. The van der Waals surface area contributed by atoms with Crippen LogP contribution in [-0.4, -0.2) is 41.5 Å². The Balaban J connectivity index is 2.07. The summed E-state index contributed by atoms with van der Waals surface area (Å²) in [5.74, 6) is 0.304. The van der Waals surface area contributed by atoms with Gasteiger partial charge in [0.1, 0.15) is 10.8 Å². The van der Waals surface area contributed by atoms with E-state index in [-0.39, 0.29) is 5.91 Å². The fourth-order valence-corrected chi connectivity index (χ4v) is 3.64. The van der Waals surface area contributed by atoms with Gasteiger partial charge in [-0.15, -0.1) is 11.3 Å². The molecule has 0 atom stereocenters. The monoisotopic (exact) mass is 432 g/mol. The van der Waals surface area contributed by atoms with Gasteiger partial charge < -0.3 is 14.4 Å². The fraction of sp³-hybridized carbons (Fsp3) is 0.522. The Morgan fingerprint density at radius 1 is 1.03 bits per heavy atom. The van der Waals surface area contributed by atoms with Crippen LogP contribution in [0.15, 0.2) is 29.6 Å². The zero-order valence-electron chi connectivity index (χ0n) is 18.2. The number of aromatic nitrogens is 1. The molecule has 0 spiro atoms. The Bertz CT molecular complexity index is 789. The molecule has 0 radical (unpaired) electrons. The highest BCUT2D eigenvalue weighted by atomic mass is 32.1. The maximum atomic E-state index is 13.1. The minimum atomic E-state index is -0.428. The van der Waals surface area contributed by atoms with Crippen LogP contribution in [0.5, 0.6) is 5.75 Å². The van der Waals surface area contributed by atoms with E-state index in [1.54, 1.807) is 17.2 Å². The second kappa shape index (κ2) is 13.0. The van der Waals surface area contributed by atoms with E-state index in [4.69, 9.17) is 9.47 Å². The maximum Gasteiger partial charge on any atom is 0.357 e. The first-order chi connectivity index (χ1) is 14.6. The van der Waals surface area contributed by atoms with Crippen molar-refractivity contribution in [1.29, 1.82) is 0 Å². The lowest BCUT2D eigenvalue weighted by Gasteiger charge is -2.22. The molecule has 0 aliphatic carbocycles. The normalized spacial score (nSPS) is 10.6. The minimum absolute atomic E-state index is 0.0425. The first kappa shape index (κ1) is 23.9. The second-order valence-electron chi connectivity index (χ2n) is 7.01. The van der Waals surface area contributed by atoms with Crippen molar-refractivity contribution in [3.63, 3.8) is 0 Å². The lowest BCUT2D eigenvalue weighted by atomic mass is 10.1. The number of carbonyl (C=O) groups is 2. The van der Waals surface area contributed by atoms with Crippen LogP contribution in [0.1, 0.15) is 78.7 Å². The highest BCUT2D eigenvalue weighted by Gasteiger charge is 2.19. The molecular formula is C23H32N2O4S. The van der Waals surface area contributed by atoms with E-state index in [0.717, 1.165) is 42.9 Å². The molecule has 6 nitrogen and oxygen atoms in total. The Kier molecular flexibility index (Phi) is 10.3. The van der Waals surface area contributed by atoms with Crippen LogP contribution in [0.4, 0.5) is 0 Å². The number of thiazole rings is 1. The molecule has 0 fully saturated rings. The predicted molar refractivity (Wildman–Crippen MR) is 119 cm³/mol. The van der Waals surface area contributed by atoms with Gasteiger partial charge in [-0.1, -0.05) is 33.1 Å². The third kappa shape index (κ3) is 7.44. The lowest BCUT2D eigenvalue weighted by Crippen LogP contribution is -2.31. The van der Waals surface area contributed by atoms with E-state index in [1.165, 1.54) is 11.3 Å². The summed E-state index contributed by atoms with van der Waals surface area (Å²) >= 11 is 1.37. The summed E-state index contributed by atoms with van der Waals surface area (Å²) in [7, 11) is 0. The Labute approximate surface area is 183 Å². The number of benzene rings is 1. The molecule has 2 aromatic rings. The van der Waals surface area contributed by atoms with Crippen LogP contribution in [0.2, 0.25) is 0 Å². The summed E-state index contributed by atoms with van der Waals surface area (Å²) in [6.45, 7) is 8.04. The Morgan fingerprint density at radius 2 is 1.77 bits per heavy atom. The van der Waals surface area contributed by atoms with E-state index in [0.29, 0.717) is 37.6 Å². The van der Waals surface area contributed by atoms with E-state index in [2.05, 4.69) is 18.8 Å². The number of esters is 1. The molecule has 1 heterocycles. The molecule has 2 rings (SSSR count). The molecule has 0 saturated heterocycles. The third-order valence-corrected chi connectivity index (χ3v) is 5.38. The molecule has 1 amide bonds. The van der Waals surface area contributed by atoms with Gasteiger partial charge in [-0.2, -0.15) is 0 Å². The number of hydrogen-bond acceptors (Lipinski definition) is 6. The average Bonchev–Trinajstić information content (AvgIpc) is 3.22. The van der Waals surface area contributed by atoms with E-state index in [1.807, 2.05) is 24.3 Å². The van der Waals surface area contributed by atoms with Gasteiger partial charge in [0.15, 0.2) is 5.69 Å². The van der Waals surface area contributed by atoms with Gasteiger partial charge >= 0.3 is 5.97 Å². The van der Waals surface area contributed by atoms with E-state index >= 15 is 0 Å². The van der Waals surface area contributed by atoms with Gasteiger partial charge in [0.05, 0.1) is 19.8 Å². The Hall–Kier alpha value is -2.41. The van der Waals surface area contributed by atoms with Gasteiger partial charge in [0, 0.05) is 17.5 Å². The zero-order chi connectivity index (χ0) is 21.8. The van der Waals surface area contributed by atoms with Gasteiger partial charge in [-0.25, -0.2) is 9.78 Å². The van der Waals surface area contributed by atoms with E-state index < -0.39 is 5.97 Å². The SMILES string of the molecule is CCCCCN(Cc1nc(C(=O)OCC)cs1)C(=O)c1ccc(OCCCC)cc1. The van der Waals surface area contributed by atoms with Crippen molar-refractivity contribution in [3.05, 3.63) is 45.9 Å². The summed E-state index contributed by atoms with van der Waals surface area (Å²) in [6, 6.07) is 7.30. The maximum absolute atomic E-state index is 13.1. The van der Waals surface area contributed by atoms with Crippen molar-refractivity contribution in [2.45, 2.75) is 59.4 Å². The van der Waals surface area contributed by atoms with Crippen molar-refractivity contribution >= 4 is 23.2 Å². The number of rotatable bonds is 13. The topological polar surface area (TPSA) is 68.7 Å². The van der Waals surface area contributed by atoms with Crippen molar-refractivity contribution in [2.75, 3.05) is 19.8 Å². The molecule has 0 unspecified atom stereocenters. The molecule has 1 aromatic heterocycles. The smallest absolute Gasteiger partial charge is 0.357 e. The number of carbonyl (C=O) groups excluding carboxylic acids is 2. The molecule has 30 heavy (non-hydrogen) atoms. The van der Waals surface area contributed by atoms with Crippen LogP contribution in [0.3, 0.4) is 0 Å². The first-order valence-electron chi connectivity index (χ1n) is 10.7. The standard InChI is InChI=1S/C23H32N2O4S/c1-4-7-9-14-25(16-21-24-20(17-30-21)23(27)28-6-3)22(26)18-10-12-19(13-11-18)29-15-8-5-2/h10-13,17H,4-9,14-16H2,1-3H3. The number of nitrogens with zero attached hydrogens (tertiary/aromatic N) is 2. The van der Waals surface area contributed by atoms with Crippen molar-refractivity contribution < 1.29 is 19.1 Å². The quantitative estimate of drug-likeness (QED) is 0.316. The zero-order valence-corrected chi connectivity index (χ0v) is 19.0. The summed E-state index contributed by atoms with van der Waals surface area (Å²) in [4.78, 5) is 31.2. The average molecular weight is 433 g/mol. The summed E-state index contributed by atoms with van der Waals surface area (Å²) < 4.78 is 10.7. The predicted octanol–water partition coefficient (Wildman–Crippen LogP) is 5.33. The van der Waals surface area contributed by atoms with Crippen molar-refractivity contribution in [2.24, 2.45) is 0 Å². The second-order valence-corrected chi connectivity index (χ2v) is 7.95. The van der Waals surface area contributed by atoms with Gasteiger partial charge in [0.25, 0.3) is 5.91 Å². The van der Waals surface area contributed by atoms with Gasteiger partial charge in [-0.05, 0) is 44.0 Å².